The van der Waals surface area contributed by atoms with Gasteiger partial charge in [0.2, 0.25) is 0 Å². The Morgan fingerprint density at radius 1 is 0.780 bits per heavy atom. The number of rotatable bonds is 24. The number of unbranched alkanes of at least 4 members (excludes halogenated alkanes) is 19. The maximum absolute atomic E-state index is 10.7. The van der Waals surface area contributed by atoms with Crippen LogP contribution < -0.4 is 5.73 Å². The lowest BCUT2D eigenvalue weighted by molar-refractivity contribution is -0.0711. The Balaban J connectivity index is 1.17. The van der Waals surface area contributed by atoms with E-state index in [2.05, 4.69) is 21.9 Å². The molecule has 9 nitrogen and oxygen atoms in total. The zero-order valence-corrected chi connectivity index (χ0v) is 25.6. The van der Waals surface area contributed by atoms with Gasteiger partial charge < -0.3 is 25.4 Å². The Morgan fingerprint density at radius 2 is 1.29 bits per heavy atom. The molecule has 1 aliphatic heterocycles. The van der Waals surface area contributed by atoms with Gasteiger partial charge in [0, 0.05) is 6.61 Å². The molecule has 0 aliphatic carbocycles. The molecule has 0 radical (unpaired) electrons. The van der Waals surface area contributed by atoms with Crippen LogP contribution in [0.4, 0.5) is 5.82 Å². The fraction of sp³-hybridized carbons (Fsp3) is 0.844. The van der Waals surface area contributed by atoms with Crippen LogP contribution in [-0.4, -0.2) is 61.3 Å². The van der Waals surface area contributed by atoms with Crippen LogP contribution in [-0.2, 0) is 9.47 Å². The van der Waals surface area contributed by atoms with E-state index in [0.29, 0.717) is 17.8 Å². The molecule has 4 N–H and O–H groups in total. The minimum absolute atomic E-state index is 0.285. The molecule has 0 spiro atoms. The maximum Gasteiger partial charge on any atom is 0.167 e. The van der Waals surface area contributed by atoms with Crippen molar-refractivity contribution in [2.75, 3.05) is 18.9 Å². The van der Waals surface area contributed by atoms with Crippen LogP contribution in [0.2, 0.25) is 0 Å². The van der Waals surface area contributed by atoms with Crippen molar-refractivity contribution in [3.63, 3.8) is 0 Å². The minimum atomic E-state index is -0.938. The molecule has 1 fully saturated rings. The van der Waals surface area contributed by atoms with Crippen LogP contribution in [0.15, 0.2) is 12.7 Å². The first-order valence-electron chi connectivity index (χ1n) is 16.7. The van der Waals surface area contributed by atoms with E-state index in [1.165, 1.54) is 122 Å². The molecule has 9 heteroatoms. The van der Waals surface area contributed by atoms with Crippen LogP contribution in [0.3, 0.4) is 0 Å². The van der Waals surface area contributed by atoms with Gasteiger partial charge in [-0.3, -0.25) is 4.57 Å². The van der Waals surface area contributed by atoms with Crippen molar-refractivity contribution in [1.82, 2.24) is 19.5 Å². The molecule has 1 aliphatic rings. The van der Waals surface area contributed by atoms with Gasteiger partial charge in [0.15, 0.2) is 17.7 Å². The van der Waals surface area contributed by atoms with Gasteiger partial charge in [-0.05, 0) is 6.42 Å². The first-order valence-corrected chi connectivity index (χ1v) is 16.7. The molecule has 2 aromatic heterocycles. The van der Waals surface area contributed by atoms with Crippen molar-refractivity contribution in [1.29, 1.82) is 0 Å². The summed E-state index contributed by atoms with van der Waals surface area (Å²) in [6.07, 6.45) is 27.0. The van der Waals surface area contributed by atoms with Crippen molar-refractivity contribution in [2.45, 2.75) is 160 Å². The highest BCUT2D eigenvalue weighted by Crippen LogP contribution is 2.34. The van der Waals surface area contributed by atoms with Gasteiger partial charge in [-0.2, -0.15) is 0 Å². The number of fused-ring (bicyclic) bond motifs is 1. The molecule has 0 saturated carbocycles. The summed E-state index contributed by atoms with van der Waals surface area (Å²) in [6.45, 7) is 2.52. The number of aliphatic hydroxyl groups is 2. The van der Waals surface area contributed by atoms with Crippen molar-refractivity contribution >= 4 is 17.0 Å². The van der Waals surface area contributed by atoms with Gasteiger partial charge in [-0.15, -0.1) is 0 Å². The van der Waals surface area contributed by atoms with Crippen molar-refractivity contribution in [3.05, 3.63) is 12.7 Å². The van der Waals surface area contributed by atoms with Gasteiger partial charge in [0.25, 0.3) is 0 Å². The third-order valence-corrected chi connectivity index (χ3v) is 8.46. The predicted octanol–water partition coefficient (Wildman–Crippen LogP) is 6.87. The highest BCUT2D eigenvalue weighted by atomic mass is 16.6. The topological polar surface area (TPSA) is 129 Å². The lowest BCUT2D eigenvalue weighted by Gasteiger charge is -2.22. The summed E-state index contributed by atoms with van der Waals surface area (Å²) in [5.41, 5.74) is 6.91. The molecule has 3 rings (SSSR count). The molecule has 1 saturated heterocycles. The molecule has 3 heterocycles. The number of aromatic nitrogens is 4. The number of anilines is 1. The maximum atomic E-state index is 10.7. The normalized spacial score (nSPS) is 20.9. The van der Waals surface area contributed by atoms with Gasteiger partial charge in [0.05, 0.1) is 12.9 Å². The number of ether oxygens (including phenoxy) is 2. The molecule has 0 aromatic carbocycles. The van der Waals surface area contributed by atoms with Crippen LogP contribution >= 0.6 is 0 Å². The molecule has 2 aromatic rings. The smallest absolute Gasteiger partial charge is 0.167 e. The Bertz CT molecular complexity index is 942. The predicted molar refractivity (Wildman–Crippen MR) is 164 cm³/mol. The quantitative estimate of drug-likeness (QED) is 0.116. The highest BCUT2D eigenvalue weighted by Gasteiger charge is 2.45. The van der Waals surface area contributed by atoms with Gasteiger partial charge >= 0.3 is 0 Å². The number of hydrogen-bond acceptors (Lipinski definition) is 8. The Labute approximate surface area is 247 Å². The van der Waals surface area contributed by atoms with Gasteiger partial charge in [-0.25, -0.2) is 15.0 Å². The first kappa shape index (κ1) is 33.7. The second-order valence-electron chi connectivity index (χ2n) is 11.9. The molecule has 0 bridgehead atoms. The first-order chi connectivity index (χ1) is 20.2. The van der Waals surface area contributed by atoms with E-state index in [1.54, 1.807) is 10.9 Å². The molecule has 234 valence electrons. The number of imidazole rings is 1. The summed E-state index contributed by atoms with van der Waals surface area (Å²) < 4.78 is 13.7. The summed E-state index contributed by atoms with van der Waals surface area (Å²) in [5, 5.41) is 20.4. The fourth-order valence-electron chi connectivity index (χ4n) is 5.91. The number of nitrogen functional groups attached to an aromatic ring is 1. The molecule has 4 unspecified atom stereocenters. The van der Waals surface area contributed by atoms with Crippen LogP contribution in [0.5, 0.6) is 0 Å². The Morgan fingerprint density at radius 3 is 1.80 bits per heavy atom. The van der Waals surface area contributed by atoms with E-state index < -0.39 is 24.5 Å². The molecule has 41 heavy (non-hydrogen) atoms. The third-order valence-electron chi connectivity index (χ3n) is 8.46. The standard InChI is InChI=1S/C32H57N5O4/c1-2-3-4-5-6-7-8-9-10-11-12-13-14-15-16-17-18-19-20-21-22-40-29-28(39)26(23-38)41-32(29)37-25-36-27-30(33)34-24-35-31(27)37/h24-26,28-29,32,38-39H,2-23H2,1H3,(H2,33,34,35). The van der Waals surface area contributed by atoms with Crippen molar-refractivity contribution < 1.29 is 19.7 Å². The largest absolute Gasteiger partial charge is 0.394 e. The molecular weight excluding hydrogens is 518 g/mol. The number of nitrogens with two attached hydrogens (primary N) is 1. The minimum Gasteiger partial charge on any atom is -0.394 e. The van der Waals surface area contributed by atoms with E-state index in [-0.39, 0.29) is 12.4 Å². The summed E-state index contributed by atoms with van der Waals surface area (Å²) in [4.78, 5) is 12.6. The second-order valence-corrected chi connectivity index (χ2v) is 11.9. The molecule has 4 atom stereocenters. The summed E-state index contributed by atoms with van der Waals surface area (Å²) in [7, 11) is 0. The zero-order valence-electron chi connectivity index (χ0n) is 25.6. The van der Waals surface area contributed by atoms with Crippen molar-refractivity contribution in [2.24, 2.45) is 0 Å². The van der Waals surface area contributed by atoms with Gasteiger partial charge in [0.1, 0.15) is 30.2 Å². The van der Waals surface area contributed by atoms with Crippen LogP contribution in [0, 0.1) is 0 Å². The highest BCUT2D eigenvalue weighted by molar-refractivity contribution is 5.81. The Hall–Kier alpha value is -1.81. The monoisotopic (exact) mass is 575 g/mol. The summed E-state index contributed by atoms with van der Waals surface area (Å²) in [6, 6.07) is 0. The number of nitrogens with zero attached hydrogens (tertiary/aromatic N) is 4. The van der Waals surface area contributed by atoms with Crippen LogP contribution in [0.1, 0.15) is 142 Å². The van der Waals surface area contributed by atoms with E-state index >= 15 is 0 Å². The lowest BCUT2D eigenvalue weighted by atomic mass is 10.0. The molecule has 0 amide bonds. The van der Waals surface area contributed by atoms with Crippen molar-refractivity contribution in [3.8, 4) is 0 Å². The average molecular weight is 576 g/mol. The van der Waals surface area contributed by atoms with E-state index in [9.17, 15) is 10.2 Å². The Kier molecular flexibility index (Phi) is 16.6. The van der Waals surface area contributed by atoms with E-state index in [4.69, 9.17) is 15.2 Å². The second kappa shape index (κ2) is 20.2. The summed E-state index contributed by atoms with van der Waals surface area (Å²) >= 11 is 0. The SMILES string of the molecule is CCCCCCCCCCCCCCCCCCCCCCOC1C(O)C(CO)OC1n1cnc2c(N)ncnc21. The molecular formula is C32H57N5O4. The van der Waals surface area contributed by atoms with Crippen LogP contribution in [0.25, 0.3) is 11.2 Å². The average Bonchev–Trinajstić information content (AvgIpc) is 3.55. The lowest BCUT2D eigenvalue weighted by Crippen LogP contribution is -2.35. The zero-order chi connectivity index (χ0) is 29.1. The van der Waals surface area contributed by atoms with Gasteiger partial charge in [-0.1, -0.05) is 129 Å². The number of aliphatic hydroxyl groups excluding tert-OH is 2. The fourth-order valence-corrected chi connectivity index (χ4v) is 5.91. The summed E-state index contributed by atoms with van der Waals surface area (Å²) in [5.74, 6) is 0.285. The van der Waals surface area contributed by atoms with E-state index in [0.717, 1.165) is 12.8 Å². The third kappa shape index (κ3) is 11.4. The van der Waals surface area contributed by atoms with E-state index in [1.807, 2.05) is 0 Å². The number of hydrogen-bond donors (Lipinski definition) is 3.